The molecule has 0 radical (unpaired) electrons. The minimum atomic E-state index is -0.0486. The van der Waals surface area contributed by atoms with E-state index < -0.39 is 0 Å². The fourth-order valence-corrected chi connectivity index (χ4v) is 10.9. The highest BCUT2D eigenvalue weighted by atomic mass is 15.2. The third kappa shape index (κ3) is 7.86. The van der Waals surface area contributed by atoms with Gasteiger partial charge >= 0.3 is 0 Å². The van der Waals surface area contributed by atoms with Crippen LogP contribution in [-0.2, 0) is 21.7 Å². The third-order valence-electron chi connectivity index (χ3n) is 15.0. The van der Waals surface area contributed by atoms with Crippen molar-refractivity contribution in [2.45, 2.75) is 105 Å². The molecule has 0 aliphatic carbocycles. The van der Waals surface area contributed by atoms with Gasteiger partial charge in [0.05, 0.1) is 5.69 Å². The van der Waals surface area contributed by atoms with Gasteiger partial charge in [0.2, 0.25) is 0 Å². The van der Waals surface area contributed by atoms with Crippen molar-refractivity contribution >= 4 is 95.8 Å². The van der Waals surface area contributed by atoms with Crippen LogP contribution in [-0.4, -0.2) is 6.71 Å². The lowest BCUT2D eigenvalue weighted by molar-refractivity contribution is 0.590. The third-order valence-corrected chi connectivity index (χ3v) is 15.0. The molecule has 2 aliphatic heterocycles. The van der Waals surface area contributed by atoms with E-state index in [-0.39, 0.29) is 28.4 Å². The Morgan fingerprint density at radius 2 is 0.671 bits per heavy atom. The molecule has 0 unspecified atom stereocenters. The van der Waals surface area contributed by atoms with Crippen LogP contribution >= 0.6 is 0 Å². The summed E-state index contributed by atoms with van der Waals surface area (Å²) in [4.78, 5) is 7.64. The van der Waals surface area contributed by atoms with Crippen LogP contribution < -0.4 is 31.1 Å². The van der Waals surface area contributed by atoms with Gasteiger partial charge in [0.15, 0.2) is 0 Å². The van der Waals surface area contributed by atoms with Crippen LogP contribution in [0.3, 0.4) is 0 Å². The summed E-state index contributed by atoms with van der Waals surface area (Å²) in [5.41, 5.74) is 19.6. The van der Waals surface area contributed by atoms with Crippen LogP contribution in [0.4, 0.5) is 51.2 Å². The molecule has 0 aromatic heterocycles. The lowest BCUT2D eigenvalue weighted by atomic mass is 9.33. The first kappa shape index (κ1) is 45.4. The van der Waals surface area contributed by atoms with E-state index in [1.54, 1.807) is 0 Å². The number of hydrogen-bond acceptors (Lipinski definition) is 3. The van der Waals surface area contributed by atoms with Gasteiger partial charge < -0.3 is 14.7 Å². The van der Waals surface area contributed by atoms with Gasteiger partial charge in [-0.25, -0.2) is 0 Å². The first-order valence-corrected chi connectivity index (χ1v) is 25.3. The van der Waals surface area contributed by atoms with Crippen molar-refractivity contribution in [3.05, 3.63) is 204 Å². The second-order valence-electron chi connectivity index (χ2n) is 24.0. The van der Waals surface area contributed by atoms with Crippen molar-refractivity contribution < 1.29 is 0 Å². The monoisotopic (exact) mass is 912 g/mol. The number of benzene rings is 9. The minimum absolute atomic E-state index is 0.0157. The quantitative estimate of drug-likeness (QED) is 0.159. The topological polar surface area (TPSA) is 9.72 Å². The summed E-state index contributed by atoms with van der Waals surface area (Å²) in [5, 5.41) is 4.86. The molecule has 3 nitrogen and oxygen atoms in total. The molecule has 9 aromatic rings. The van der Waals surface area contributed by atoms with E-state index in [1.807, 2.05) is 0 Å². The predicted molar refractivity (Wildman–Crippen MR) is 305 cm³/mol. The zero-order valence-electron chi connectivity index (χ0n) is 43.2. The zero-order valence-corrected chi connectivity index (χ0v) is 43.2. The van der Waals surface area contributed by atoms with Crippen molar-refractivity contribution in [1.29, 1.82) is 0 Å². The van der Waals surface area contributed by atoms with Crippen molar-refractivity contribution in [2.24, 2.45) is 0 Å². The summed E-state index contributed by atoms with van der Waals surface area (Å²) in [6.07, 6.45) is 0. The maximum atomic E-state index is 2.57. The summed E-state index contributed by atoms with van der Waals surface area (Å²) in [7, 11) is 0. The van der Waals surface area contributed by atoms with Gasteiger partial charge in [-0.15, -0.1) is 0 Å². The van der Waals surface area contributed by atoms with E-state index in [9.17, 15) is 0 Å². The number of rotatable bonds is 5. The fraction of sp³-hybridized carbons (Fsp3) is 0.242. The Labute approximate surface area is 417 Å². The van der Waals surface area contributed by atoms with Gasteiger partial charge in [-0.3, -0.25) is 0 Å². The number of nitrogens with zero attached hydrogens (tertiary/aromatic N) is 3. The molecule has 11 rings (SSSR count). The molecule has 9 aromatic carbocycles. The van der Waals surface area contributed by atoms with Crippen LogP contribution in [0.2, 0.25) is 0 Å². The predicted octanol–water partition coefficient (Wildman–Crippen LogP) is 16.7. The van der Waals surface area contributed by atoms with Gasteiger partial charge in [0, 0.05) is 45.5 Å². The molecule has 4 heteroatoms. The molecular weight excluding hydrogens is 846 g/mol. The standard InChI is InChI=1S/C66H66BN3/c1-63(2,3)47-23-31-51(32-24-47)69-58-35-27-49(65(7,8)9)39-56(58)67-57-40-50(66(10,11)12)28-36-59(57)70(52-33-25-48(26-34-52)64(4,5)6)61-42-55(41-60(69)62(61)67)68(53-29-21-43-17-13-15-19-45(43)37-53)54-30-22-44-18-14-16-20-46(44)38-54/h13-42H,1-12H3. The molecule has 0 saturated heterocycles. The summed E-state index contributed by atoms with van der Waals surface area (Å²) in [6.45, 7) is 27.8. The Morgan fingerprint density at radius 1 is 0.314 bits per heavy atom. The van der Waals surface area contributed by atoms with E-state index >= 15 is 0 Å². The molecule has 0 atom stereocenters. The normalized spacial score (nSPS) is 13.6. The number of fused-ring (bicyclic) bond motifs is 6. The average Bonchev–Trinajstić information content (AvgIpc) is 3.32. The lowest BCUT2D eigenvalue weighted by Crippen LogP contribution is -2.61. The van der Waals surface area contributed by atoms with Gasteiger partial charge in [0.25, 0.3) is 6.71 Å². The largest absolute Gasteiger partial charge is 0.311 e. The highest BCUT2D eigenvalue weighted by molar-refractivity contribution is 7.00. The zero-order chi connectivity index (χ0) is 49.1. The van der Waals surface area contributed by atoms with Gasteiger partial charge in [0.1, 0.15) is 0 Å². The molecule has 0 amide bonds. The molecule has 0 saturated carbocycles. The maximum Gasteiger partial charge on any atom is 0.252 e. The summed E-state index contributed by atoms with van der Waals surface area (Å²) < 4.78 is 0. The van der Waals surface area contributed by atoms with Crippen LogP contribution in [0.25, 0.3) is 21.5 Å². The molecule has 0 fully saturated rings. The van der Waals surface area contributed by atoms with E-state index in [1.165, 1.54) is 82.9 Å². The molecular formula is C66H66BN3. The molecule has 0 N–H and O–H groups in total. The van der Waals surface area contributed by atoms with Gasteiger partial charge in [-0.05, 0) is 155 Å². The van der Waals surface area contributed by atoms with Crippen LogP contribution in [0.5, 0.6) is 0 Å². The second kappa shape index (κ2) is 16.3. The molecule has 2 aliphatic rings. The SMILES string of the molecule is CC(C)(C)c1ccc(N2c3ccc(C(C)(C)C)cc3B3c4cc(C(C)(C)C)ccc4N(c4ccc(C(C)(C)C)cc4)c4cc(N(c5ccc6ccccc6c5)c5ccc6ccccc6c5)cc2c43)cc1. The smallest absolute Gasteiger partial charge is 0.252 e. The Kier molecular flexibility index (Phi) is 10.6. The first-order valence-electron chi connectivity index (χ1n) is 25.3. The highest BCUT2D eigenvalue weighted by Crippen LogP contribution is 2.49. The number of anilines is 9. The first-order chi connectivity index (χ1) is 33.2. The molecule has 0 spiro atoms. The van der Waals surface area contributed by atoms with Crippen molar-refractivity contribution in [3.63, 3.8) is 0 Å². The minimum Gasteiger partial charge on any atom is -0.311 e. The molecule has 348 valence electrons. The summed E-state index contributed by atoms with van der Waals surface area (Å²) in [5.74, 6) is 0. The maximum absolute atomic E-state index is 2.57. The second-order valence-corrected chi connectivity index (χ2v) is 24.0. The van der Waals surface area contributed by atoms with Crippen molar-refractivity contribution in [1.82, 2.24) is 0 Å². The molecule has 70 heavy (non-hydrogen) atoms. The van der Waals surface area contributed by atoms with Crippen molar-refractivity contribution in [2.75, 3.05) is 14.7 Å². The fourth-order valence-electron chi connectivity index (χ4n) is 10.9. The van der Waals surface area contributed by atoms with E-state index in [2.05, 4.69) is 280 Å². The molecule has 2 heterocycles. The van der Waals surface area contributed by atoms with Gasteiger partial charge in [-0.2, -0.15) is 0 Å². The van der Waals surface area contributed by atoms with Crippen LogP contribution in [0.1, 0.15) is 105 Å². The van der Waals surface area contributed by atoms with Crippen molar-refractivity contribution in [3.8, 4) is 0 Å². The van der Waals surface area contributed by atoms with E-state index in [4.69, 9.17) is 0 Å². The Morgan fingerprint density at radius 3 is 1.04 bits per heavy atom. The Bertz CT molecular complexity index is 3260. The van der Waals surface area contributed by atoms with E-state index in [0.717, 1.165) is 28.4 Å². The lowest BCUT2D eigenvalue weighted by Gasteiger charge is -2.45. The number of hydrogen-bond donors (Lipinski definition) is 0. The Balaban J connectivity index is 1.28. The van der Waals surface area contributed by atoms with E-state index in [0.29, 0.717) is 0 Å². The Hall–Kier alpha value is -7.04. The summed E-state index contributed by atoms with van der Waals surface area (Å²) in [6, 6.07) is 69.7. The van der Waals surface area contributed by atoms with Gasteiger partial charge in [-0.1, -0.05) is 192 Å². The molecule has 0 bridgehead atoms. The highest BCUT2D eigenvalue weighted by Gasteiger charge is 2.45. The van der Waals surface area contributed by atoms with Crippen LogP contribution in [0, 0.1) is 0 Å². The average molecular weight is 912 g/mol. The van der Waals surface area contributed by atoms with Crippen LogP contribution in [0.15, 0.2) is 182 Å². The summed E-state index contributed by atoms with van der Waals surface area (Å²) >= 11 is 0.